The summed E-state index contributed by atoms with van der Waals surface area (Å²) >= 11 is 0. The van der Waals surface area contributed by atoms with Gasteiger partial charge in [-0.2, -0.15) is 5.10 Å². The minimum absolute atomic E-state index is 0.0300. The zero-order valence-electron chi connectivity index (χ0n) is 9.35. The number of aromatic nitrogens is 5. The summed E-state index contributed by atoms with van der Waals surface area (Å²) in [4.78, 5) is 8.16. The smallest absolute Gasteiger partial charge is 0.206 e. The Morgan fingerprint density at radius 3 is 3.06 bits per heavy atom. The molecular weight excluding hydrogens is 222 g/mol. The van der Waals surface area contributed by atoms with E-state index in [0.29, 0.717) is 12.4 Å². The van der Waals surface area contributed by atoms with Crippen LogP contribution in [0.4, 0.5) is 0 Å². The van der Waals surface area contributed by atoms with Crippen LogP contribution in [-0.2, 0) is 13.1 Å². The van der Waals surface area contributed by atoms with Gasteiger partial charge in [-0.1, -0.05) is 5.16 Å². The van der Waals surface area contributed by atoms with E-state index in [4.69, 9.17) is 10.9 Å². The van der Waals surface area contributed by atoms with Gasteiger partial charge >= 0.3 is 0 Å². The number of aryl methyl sites for hydroxylation is 1. The van der Waals surface area contributed by atoms with Crippen molar-refractivity contribution in [1.82, 2.24) is 24.3 Å². The fourth-order valence-corrected chi connectivity index (χ4v) is 1.54. The first-order valence-electron chi connectivity index (χ1n) is 5.12. The summed E-state index contributed by atoms with van der Waals surface area (Å²) in [6.45, 7) is 3.19. The van der Waals surface area contributed by atoms with E-state index in [0.717, 1.165) is 12.4 Å². The molecule has 0 bridgehead atoms. The Morgan fingerprint density at radius 1 is 1.53 bits per heavy atom. The summed E-state index contributed by atoms with van der Waals surface area (Å²) in [5.41, 5.74) is 5.51. The first kappa shape index (κ1) is 11.1. The van der Waals surface area contributed by atoms with Crippen molar-refractivity contribution in [1.29, 1.82) is 0 Å². The van der Waals surface area contributed by atoms with Gasteiger partial charge in [0.1, 0.15) is 12.2 Å². The van der Waals surface area contributed by atoms with Crippen molar-refractivity contribution < 1.29 is 5.21 Å². The number of nitrogens with two attached hydrogens (primary N) is 1. The van der Waals surface area contributed by atoms with Crippen LogP contribution >= 0.6 is 0 Å². The SMILES string of the molecule is CCn1ncnc1Cn1ccnc1C(N)=NO. The highest BCUT2D eigenvalue weighted by Crippen LogP contribution is 2.03. The van der Waals surface area contributed by atoms with Crippen LogP contribution in [0.25, 0.3) is 0 Å². The number of amidine groups is 1. The van der Waals surface area contributed by atoms with Crippen LogP contribution in [0.1, 0.15) is 18.6 Å². The lowest BCUT2D eigenvalue weighted by atomic mass is 10.5. The van der Waals surface area contributed by atoms with Gasteiger partial charge in [0, 0.05) is 18.9 Å². The molecule has 17 heavy (non-hydrogen) atoms. The molecule has 0 aromatic carbocycles. The van der Waals surface area contributed by atoms with Crippen LogP contribution in [0.5, 0.6) is 0 Å². The second-order valence-corrected chi connectivity index (χ2v) is 3.36. The predicted octanol–water partition coefficient (Wildman–Crippen LogP) is -0.363. The van der Waals surface area contributed by atoms with E-state index in [1.54, 1.807) is 21.6 Å². The van der Waals surface area contributed by atoms with Gasteiger partial charge in [0.2, 0.25) is 5.84 Å². The van der Waals surface area contributed by atoms with Crippen molar-refractivity contribution in [2.75, 3.05) is 0 Å². The molecule has 0 atom stereocenters. The van der Waals surface area contributed by atoms with Gasteiger partial charge in [0.25, 0.3) is 0 Å². The van der Waals surface area contributed by atoms with Gasteiger partial charge in [-0.3, -0.25) is 0 Å². The summed E-state index contributed by atoms with van der Waals surface area (Å²) < 4.78 is 3.52. The van der Waals surface area contributed by atoms with Gasteiger partial charge in [0.15, 0.2) is 5.82 Å². The van der Waals surface area contributed by atoms with E-state index >= 15 is 0 Å². The lowest BCUT2D eigenvalue weighted by molar-refractivity contribution is 0.318. The van der Waals surface area contributed by atoms with Crippen molar-refractivity contribution in [3.8, 4) is 0 Å². The first-order chi connectivity index (χ1) is 8.26. The van der Waals surface area contributed by atoms with E-state index < -0.39 is 0 Å². The first-order valence-corrected chi connectivity index (χ1v) is 5.12. The highest BCUT2D eigenvalue weighted by molar-refractivity contribution is 5.93. The van der Waals surface area contributed by atoms with Gasteiger partial charge in [-0.15, -0.1) is 0 Å². The standard InChI is InChI=1S/C9H13N7O/c1-2-16-7(12-6-13-16)5-15-4-3-11-9(15)8(10)14-17/h3-4,6,17H,2,5H2,1H3,(H2,10,14). The largest absolute Gasteiger partial charge is 0.409 e. The van der Waals surface area contributed by atoms with Crippen molar-refractivity contribution in [2.45, 2.75) is 20.0 Å². The Morgan fingerprint density at radius 2 is 2.35 bits per heavy atom. The summed E-state index contributed by atoms with van der Waals surface area (Å²) in [5, 5.41) is 15.6. The normalized spacial score (nSPS) is 11.9. The summed E-state index contributed by atoms with van der Waals surface area (Å²) in [7, 11) is 0. The average Bonchev–Trinajstić information content (AvgIpc) is 2.97. The van der Waals surface area contributed by atoms with E-state index in [-0.39, 0.29) is 5.84 Å². The Kier molecular flexibility index (Phi) is 3.03. The number of hydrogen-bond donors (Lipinski definition) is 2. The molecule has 2 aromatic heterocycles. The monoisotopic (exact) mass is 235 g/mol. The molecule has 3 N–H and O–H groups in total. The Bertz CT molecular complexity index is 527. The molecule has 0 aliphatic heterocycles. The number of imidazole rings is 1. The van der Waals surface area contributed by atoms with Crippen LogP contribution < -0.4 is 5.73 Å². The lowest BCUT2D eigenvalue weighted by Crippen LogP contribution is -2.21. The molecule has 0 saturated heterocycles. The highest BCUT2D eigenvalue weighted by atomic mass is 16.4. The van der Waals surface area contributed by atoms with E-state index in [9.17, 15) is 0 Å². The molecule has 0 saturated carbocycles. The van der Waals surface area contributed by atoms with E-state index in [1.807, 2.05) is 6.92 Å². The molecule has 2 rings (SSSR count). The molecule has 0 aliphatic rings. The molecule has 0 spiro atoms. The van der Waals surface area contributed by atoms with Crippen molar-refractivity contribution in [3.63, 3.8) is 0 Å². The zero-order valence-corrected chi connectivity index (χ0v) is 9.35. The van der Waals surface area contributed by atoms with Gasteiger partial charge in [-0.05, 0) is 6.92 Å². The number of oxime groups is 1. The molecule has 8 nitrogen and oxygen atoms in total. The van der Waals surface area contributed by atoms with Gasteiger partial charge in [0.05, 0.1) is 6.54 Å². The third-order valence-electron chi connectivity index (χ3n) is 2.36. The fraction of sp³-hybridized carbons (Fsp3) is 0.333. The molecule has 8 heteroatoms. The maximum atomic E-state index is 8.63. The second kappa shape index (κ2) is 4.64. The summed E-state index contributed by atoms with van der Waals surface area (Å²) in [6.07, 6.45) is 4.82. The third-order valence-corrected chi connectivity index (χ3v) is 2.36. The molecular formula is C9H13N7O. The molecule has 90 valence electrons. The predicted molar refractivity (Wildman–Crippen MR) is 59.5 cm³/mol. The topological polar surface area (TPSA) is 107 Å². The molecule has 0 aliphatic carbocycles. The molecule has 0 amide bonds. The highest BCUT2D eigenvalue weighted by Gasteiger charge is 2.10. The molecule has 0 fully saturated rings. The Hall–Kier alpha value is -2.38. The van der Waals surface area contributed by atoms with Crippen LogP contribution in [0.15, 0.2) is 23.9 Å². The molecule has 0 radical (unpaired) electrons. The number of nitrogens with zero attached hydrogens (tertiary/aromatic N) is 6. The van der Waals surface area contributed by atoms with Gasteiger partial charge < -0.3 is 15.5 Å². The molecule has 2 aromatic rings. The van der Waals surface area contributed by atoms with E-state index in [2.05, 4.69) is 20.2 Å². The van der Waals surface area contributed by atoms with Crippen molar-refractivity contribution in [2.24, 2.45) is 10.9 Å². The minimum Gasteiger partial charge on any atom is -0.409 e. The van der Waals surface area contributed by atoms with Crippen molar-refractivity contribution >= 4 is 5.84 Å². The van der Waals surface area contributed by atoms with E-state index in [1.165, 1.54) is 6.33 Å². The lowest BCUT2D eigenvalue weighted by Gasteiger charge is -2.06. The van der Waals surface area contributed by atoms with Crippen LogP contribution in [0.2, 0.25) is 0 Å². The minimum atomic E-state index is -0.0300. The van der Waals surface area contributed by atoms with Gasteiger partial charge in [-0.25, -0.2) is 14.6 Å². The zero-order chi connectivity index (χ0) is 12.3. The fourth-order valence-electron chi connectivity index (χ4n) is 1.54. The van der Waals surface area contributed by atoms with Crippen LogP contribution in [0, 0.1) is 0 Å². The maximum Gasteiger partial charge on any atom is 0.206 e. The summed E-state index contributed by atoms with van der Waals surface area (Å²) in [6, 6.07) is 0. The summed E-state index contributed by atoms with van der Waals surface area (Å²) in [5.74, 6) is 1.16. The third kappa shape index (κ3) is 2.10. The quantitative estimate of drug-likeness (QED) is 0.325. The molecule has 2 heterocycles. The number of rotatable bonds is 4. The Balaban J connectivity index is 2.28. The second-order valence-electron chi connectivity index (χ2n) is 3.36. The van der Waals surface area contributed by atoms with Crippen LogP contribution in [0.3, 0.4) is 0 Å². The molecule has 0 unspecified atom stereocenters. The average molecular weight is 235 g/mol. The van der Waals surface area contributed by atoms with Crippen molar-refractivity contribution in [3.05, 3.63) is 30.4 Å². The maximum absolute atomic E-state index is 8.63. The van der Waals surface area contributed by atoms with Crippen LogP contribution in [-0.4, -0.2) is 35.4 Å². The Labute approximate surface area is 97.4 Å². The number of hydrogen-bond acceptors (Lipinski definition) is 5.